The Kier molecular flexibility index (Phi) is 6.67. The summed E-state index contributed by atoms with van der Waals surface area (Å²) in [7, 11) is 1.60. The molecule has 3 aromatic rings. The number of carbonyl (C=O) groups excluding carboxylic acids is 1. The number of methoxy groups -OCH3 is 1. The van der Waals surface area contributed by atoms with E-state index in [9.17, 15) is 4.79 Å². The molecule has 0 radical (unpaired) electrons. The lowest BCUT2D eigenvalue weighted by Gasteiger charge is -2.13. The van der Waals surface area contributed by atoms with E-state index in [1.54, 1.807) is 31.6 Å². The minimum Gasteiger partial charge on any atom is -0.493 e. The van der Waals surface area contributed by atoms with Crippen LogP contribution < -0.4 is 19.5 Å². The van der Waals surface area contributed by atoms with Crippen LogP contribution in [0, 0.1) is 5.92 Å². The molecule has 6 heteroatoms. The van der Waals surface area contributed by atoms with Gasteiger partial charge in [0.15, 0.2) is 11.5 Å². The second kappa shape index (κ2) is 9.98. The first kappa shape index (κ1) is 20.7. The molecule has 4 rings (SSSR count). The molecule has 1 aliphatic carbocycles. The summed E-state index contributed by atoms with van der Waals surface area (Å²) in [4.78, 5) is 16.5. The van der Waals surface area contributed by atoms with Crippen molar-refractivity contribution in [3.63, 3.8) is 0 Å². The fourth-order valence-electron chi connectivity index (χ4n) is 3.07. The van der Waals surface area contributed by atoms with Gasteiger partial charge in [0, 0.05) is 24.5 Å². The van der Waals surface area contributed by atoms with Crippen LogP contribution in [0.1, 0.15) is 34.3 Å². The molecule has 0 atom stereocenters. The van der Waals surface area contributed by atoms with E-state index in [1.807, 2.05) is 42.5 Å². The Morgan fingerprint density at radius 1 is 0.968 bits per heavy atom. The predicted octanol–water partition coefficient (Wildman–Crippen LogP) is 4.39. The molecule has 0 bridgehead atoms. The number of nitrogens with zero attached hydrogens (tertiary/aromatic N) is 1. The molecule has 31 heavy (non-hydrogen) atoms. The van der Waals surface area contributed by atoms with E-state index in [-0.39, 0.29) is 5.91 Å². The molecule has 0 saturated heterocycles. The van der Waals surface area contributed by atoms with Crippen molar-refractivity contribution in [2.24, 2.45) is 5.92 Å². The van der Waals surface area contributed by atoms with Gasteiger partial charge in [0.25, 0.3) is 5.91 Å². The lowest BCUT2D eigenvalue weighted by atomic mass is 10.1. The molecule has 160 valence electrons. The monoisotopic (exact) mass is 418 g/mol. The highest BCUT2D eigenvalue weighted by molar-refractivity contribution is 5.94. The molecule has 2 aromatic carbocycles. The lowest BCUT2D eigenvalue weighted by Crippen LogP contribution is -2.22. The number of hydrogen-bond acceptors (Lipinski definition) is 5. The molecule has 0 unspecified atom stereocenters. The van der Waals surface area contributed by atoms with Gasteiger partial charge < -0.3 is 19.5 Å². The standard InChI is InChI=1S/C25H26N2O4/c1-29-24-14-20(4-9-23(24)31-17-19-10-12-26-13-11-19)15-27-25(28)21-5-7-22(8-6-21)30-16-18-2-3-18/h4-14,18H,2-3,15-17H2,1H3,(H,27,28). The highest BCUT2D eigenvalue weighted by Gasteiger charge is 2.21. The number of ether oxygens (including phenoxy) is 3. The summed E-state index contributed by atoms with van der Waals surface area (Å²) < 4.78 is 17.0. The Bertz CT molecular complexity index is 1000. The number of amides is 1. The minimum atomic E-state index is -0.134. The van der Waals surface area contributed by atoms with E-state index in [4.69, 9.17) is 14.2 Å². The van der Waals surface area contributed by atoms with Gasteiger partial charge in [-0.25, -0.2) is 0 Å². The zero-order valence-corrected chi connectivity index (χ0v) is 17.5. The summed E-state index contributed by atoms with van der Waals surface area (Å²) in [5.74, 6) is 2.64. The van der Waals surface area contributed by atoms with Crippen LogP contribution in [0.4, 0.5) is 0 Å². The summed E-state index contributed by atoms with van der Waals surface area (Å²) >= 11 is 0. The lowest BCUT2D eigenvalue weighted by molar-refractivity contribution is 0.0951. The van der Waals surface area contributed by atoms with Gasteiger partial charge in [-0.15, -0.1) is 0 Å². The van der Waals surface area contributed by atoms with Gasteiger partial charge in [0.1, 0.15) is 12.4 Å². The molecule has 1 saturated carbocycles. The van der Waals surface area contributed by atoms with Gasteiger partial charge in [-0.1, -0.05) is 6.07 Å². The number of aromatic nitrogens is 1. The first-order chi connectivity index (χ1) is 15.2. The Hall–Kier alpha value is -3.54. The second-order valence-electron chi connectivity index (χ2n) is 7.59. The Morgan fingerprint density at radius 2 is 1.74 bits per heavy atom. The average molecular weight is 418 g/mol. The van der Waals surface area contributed by atoms with Crippen molar-refractivity contribution in [2.75, 3.05) is 13.7 Å². The summed E-state index contributed by atoms with van der Waals surface area (Å²) in [6, 6.07) is 16.7. The molecule has 0 aliphatic heterocycles. The highest BCUT2D eigenvalue weighted by atomic mass is 16.5. The topological polar surface area (TPSA) is 69.7 Å². The molecule has 1 amide bonds. The molecule has 1 aromatic heterocycles. The van der Waals surface area contributed by atoms with Gasteiger partial charge in [-0.2, -0.15) is 0 Å². The second-order valence-corrected chi connectivity index (χ2v) is 7.59. The van der Waals surface area contributed by atoms with Crippen molar-refractivity contribution in [3.8, 4) is 17.2 Å². The van der Waals surface area contributed by atoms with E-state index in [2.05, 4.69) is 10.3 Å². The largest absolute Gasteiger partial charge is 0.493 e. The predicted molar refractivity (Wildman–Crippen MR) is 117 cm³/mol. The van der Waals surface area contributed by atoms with E-state index < -0.39 is 0 Å². The number of pyridine rings is 1. The van der Waals surface area contributed by atoms with Gasteiger partial charge in [0.2, 0.25) is 0 Å². The third-order valence-electron chi connectivity index (χ3n) is 5.12. The Balaban J connectivity index is 1.30. The summed E-state index contributed by atoms with van der Waals surface area (Å²) in [5, 5.41) is 2.94. The highest BCUT2D eigenvalue weighted by Crippen LogP contribution is 2.30. The Labute approximate surface area is 182 Å². The van der Waals surface area contributed by atoms with Crippen molar-refractivity contribution >= 4 is 5.91 Å². The van der Waals surface area contributed by atoms with Crippen molar-refractivity contribution in [1.29, 1.82) is 0 Å². The molecule has 1 N–H and O–H groups in total. The van der Waals surface area contributed by atoms with Crippen LogP contribution in [0.3, 0.4) is 0 Å². The van der Waals surface area contributed by atoms with Crippen LogP contribution in [0.15, 0.2) is 67.0 Å². The molecule has 1 fully saturated rings. The van der Waals surface area contributed by atoms with Crippen LogP contribution in [0.25, 0.3) is 0 Å². The zero-order chi connectivity index (χ0) is 21.5. The molecule has 1 heterocycles. The van der Waals surface area contributed by atoms with E-state index in [0.29, 0.717) is 36.1 Å². The third-order valence-corrected chi connectivity index (χ3v) is 5.12. The first-order valence-corrected chi connectivity index (χ1v) is 10.4. The average Bonchev–Trinajstić information content (AvgIpc) is 3.65. The van der Waals surface area contributed by atoms with Gasteiger partial charge in [-0.05, 0) is 78.4 Å². The van der Waals surface area contributed by atoms with Crippen LogP contribution >= 0.6 is 0 Å². The third kappa shape index (κ3) is 5.98. The van der Waals surface area contributed by atoms with E-state index in [0.717, 1.165) is 23.5 Å². The molecule has 1 aliphatic rings. The van der Waals surface area contributed by atoms with Crippen molar-refractivity contribution in [3.05, 3.63) is 83.7 Å². The molecular formula is C25H26N2O4. The molecular weight excluding hydrogens is 392 g/mol. The molecule has 0 spiro atoms. The fraction of sp³-hybridized carbons (Fsp3) is 0.280. The maximum atomic E-state index is 12.5. The minimum absolute atomic E-state index is 0.134. The van der Waals surface area contributed by atoms with Gasteiger partial charge in [0.05, 0.1) is 13.7 Å². The van der Waals surface area contributed by atoms with Crippen LogP contribution in [-0.4, -0.2) is 24.6 Å². The van der Waals surface area contributed by atoms with Crippen LogP contribution in [-0.2, 0) is 13.2 Å². The maximum Gasteiger partial charge on any atom is 0.251 e. The van der Waals surface area contributed by atoms with Gasteiger partial charge in [-0.3, -0.25) is 9.78 Å². The quantitative estimate of drug-likeness (QED) is 0.529. The normalized spacial score (nSPS) is 12.8. The molecule has 6 nitrogen and oxygen atoms in total. The zero-order valence-electron chi connectivity index (χ0n) is 17.5. The van der Waals surface area contributed by atoms with Gasteiger partial charge >= 0.3 is 0 Å². The number of benzene rings is 2. The summed E-state index contributed by atoms with van der Waals surface area (Å²) in [5.41, 5.74) is 2.55. The van der Waals surface area contributed by atoms with E-state index in [1.165, 1.54) is 12.8 Å². The van der Waals surface area contributed by atoms with Crippen LogP contribution in [0.2, 0.25) is 0 Å². The first-order valence-electron chi connectivity index (χ1n) is 10.4. The van der Waals surface area contributed by atoms with Crippen molar-refractivity contribution in [2.45, 2.75) is 26.0 Å². The Morgan fingerprint density at radius 3 is 2.45 bits per heavy atom. The fourth-order valence-corrected chi connectivity index (χ4v) is 3.07. The van der Waals surface area contributed by atoms with Crippen molar-refractivity contribution < 1.29 is 19.0 Å². The van der Waals surface area contributed by atoms with E-state index >= 15 is 0 Å². The number of nitrogens with one attached hydrogen (secondary N) is 1. The SMILES string of the molecule is COc1cc(CNC(=O)c2ccc(OCC3CC3)cc2)ccc1OCc1ccncc1. The van der Waals surface area contributed by atoms with Crippen LogP contribution in [0.5, 0.6) is 17.2 Å². The number of carbonyl (C=O) groups is 1. The number of rotatable bonds is 10. The maximum absolute atomic E-state index is 12.5. The number of hydrogen-bond donors (Lipinski definition) is 1. The van der Waals surface area contributed by atoms with Crippen molar-refractivity contribution in [1.82, 2.24) is 10.3 Å². The summed E-state index contributed by atoms with van der Waals surface area (Å²) in [6.07, 6.45) is 5.97. The summed E-state index contributed by atoms with van der Waals surface area (Å²) in [6.45, 7) is 1.57. The smallest absolute Gasteiger partial charge is 0.251 e.